The van der Waals surface area contributed by atoms with E-state index in [-0.39, 0.29) is 0 Å². The third-order valence-corrected chi connectivity index (χ3v) is 6.16. The molecule has 0 saturated heterocycles. The van der Waals surface area contributed by atoms with Crippen molar-refractivity contribution in [1.29, 1.82) is 0 Å². The Morgan fingerprint density at radius 3 is 1.11 bits per heavy atom. The van der Waals surface area contributed by atoms with Crippen LogP contribution in [0.1, 0.15) is 22.3 Å². The van der Waals surface area contributed by atoms with E-state index in [0.717, 1.165) is 56.0 Å². The van der Waals surface area contributed by atoms with Crippen LogP contribution < -0.4 is 9.47 Å². The van der Waals surface area contributed by atoms with Gasteiger partial charge >= 0.3 is 0 Å². The molecule has 0 aliphatic carbocycles. The lowest BCUT2D eigenvalue weighted by molar-refractivity contribution is 0.414. The van der Waals surface area contributed by atoms with Crippen LogP contribution in [0.3, 0.4) is 0 Å². The Morgan fingerprint density at radius 2 is 0.737 bits per heavy atom. The normalized spacial score (nSPS) is 9.95. The molecule has 0 fully saturated rings. The van der Waals surface area contributed by atoms with Gasteiger partial charge in [-0.05, 0) is 95.1 Å². The predicted molar refractivity (Wildman–Crippen MR) is 155 cm³/mol. The zero-order valence-electron chi connectivity index (χ0n) is 21.4. The van der Waals surface area contributed by atoms with E-state index in [2.05, 4.69) is 72.2 Å². The first-order chi connectivity index (χ1) is 18.7. The molecular formula is C36H26O2. The first-order valence-corrected chi connectivity index (χ1v) is 12.3. The molecule has 182 valence electrons. The maximum absolute atomic E-state index is 5.22. The number of ether oxygens (including phenoxy) is 2. The van der Waals surface area contributed by atoms with Gasteiger partial charge in [0, 0.05) is 22.3 Å². The first-order valence-electron chi connectivity index (χ1n) is 12.3. The second-order valence-corrected chi connectivity index (χ2v) is 8.70. The van der Waals surface area contributed by atoms with E-state index < -0.39 is 0 Å². The summed E-state index contributed by atoms with van der Waals surface area (Å²) in [6.07, 6.45) is 0. The van der Waals surface area contributed by atoms with Crippen LogP contribution in [-0.4, -0.2) is 14.2 Å². The van der Waals surface area contributed by atoms with E-state index in [1.54, 1.807) is 14.2 Å². The van der Waals surface area contributed by atoms with E-state index >= 15 is 0 Å². The number of hydrogen-bond acceptors (Lipinski definition) is 2. The molecular weight excluding hydrogens is 464 g/mol. The van der Waals surface area contributed by atoms with Gasteiger partial charge in [0.1, 0.15) is 11.5 Å². The van der Waals surface area contributed by atoms with Crippen molar-refractivity contribution in [3.63, 3.8) is 0 Å². The maximum atomic E-state index is 5.22. The summed E-state index contributed by atoms with van der Waals surface area (Å²) < 4.78 is 10.4. The number of methoxy groups -OCH3 is 2. The molecule has 38 heavy (non-hydrogen) atoms. The minimum Gasteiger partial charge on any atom is -0.497 e. The highest BCUT2D eigenvalue weighted by Crippen LogP contribution is 2.26. The van der Waals surface area contributed by atoms with E-state index in [1.807, 2.05) is 72.8 Å². The van der Waals surface area contributed by atoms with E-state index in [9.17, 15) is 0 Å². The van der Waals surface area contributed by atoms with Crippen LogP contribution in [-0.2, 0) is 0 Å². The molecule has 0 aliphatic rings. The summed E-state index contributed by atoms with van der Waals surface area (Å²) >= 11 is 0. The quantitative estimate of drug-likeness (QED) is 0.239. The molecule has 0 spiro atoms. The predicted octanol–water partition coefficient (Wildman–Crippen LogP) is 7.84. The van der Waals surface area contributed by atoms with Crippen LogP contribution in [0.25, 0.3) is 22.3 Å². The van der Waals surface area contributed by atoms with Gasteiger partial charge in [-0.25, -0.2) is 0 Å². The molecule has 0 aliphatic heterocycles. The van der Waals surface area contributed by atoms with Crippen LogP contribution in [0.4, 0.5) is 0 Å². The molecule has 0 unspecified atom stereocenters. The molecule has 0 amide bonds. The fourth-order valence-electron chi connectivity index (χ4n) is 4.05. The minimum absolute atomic E-state index is 0.828. The van der Waals surface area contributed by atoms with Gasteiger partial charge in [-0.15, -0.1) is 0 Å². The minimum atomic E-state index is 0.828. The fourth-order valence-corrected chi connectivity index (χ4v) is 4.05. The highest BCUT2D eigenvalue weighted by Gasteiger charge is 2.02. The van der Waals surface area contributed by atoms with Gasteiger partial charge in [0.15, 0.2) is 0 Å². The Balaban J connectivity index is 1.32. The largest absolute Gasteiger partial charge is 0.497 e. The second kappa shape index (κ2) is 11.7. The summed E-state index contributed by atoms with van der Waals surface area (Å²) in [6, 6.07) is 40.8. The Labute approximate surface area is 224 Å². The van der Waals surface area contributed by atoms with Crippen molar-refractivity contribution in [2.24, 2.45) is 0 Å². The van der Waals surface area contributed by atoms with Crippen molar-refractivity contribution in [1.82, 2.24) is 0 Å². The van der Waals surface area contributed by atoms with Crippen LogP contribution in [0, 0.1) is 23.7 Å². The molecule has 0 N–H and O–H groups in total. The van der Waals surface area contributed by atoms with Gasteiger partial charge < -0.3 is 9.47 Å². The lowest BCUT2D eigenvalue weighted by Gasteiger charge is -2.06. The Kier molecular flexibility index (Phi) is 7.55. The van der Waals surface area contributed by atoms with E-state index in [4.69, 9.17) is 9.47 Å². The van der Waals surface area contributed by atoms with Gasteiger partial charge in [-0.2, -0.15) is 0 Å². The Bertz CT molecular complexity index is 1530. The summed E-state index contributed by atoms with van der Waals surface area (Å²) in [7, 11) is 3.33. The second-order valence-electron chi connectivity index (χ2n) is 8.70. The average molecular weight is 491 g/mol. The van der Waals surface area contributed by atoms with Crippen molar-refractivity contribution in [2.75, 3.05) is 14.2 Å². The van der Waals surface area contributed by atoms with Crippen LogP contribution in [0.15, 0.2) is 121 Å². The monoisotopic (exact) mass is 490 g/mol. The van der Waals surface area contributed by atoms with Gasteiger partial charge in [0.25, 0.3) is 0 Å². The molecule has 0 aromatic heterocycles. The fraction of sp³-hybridized carbons (Fsp3) is 0.0556. The first kappa shape index (κ1) is 24.5. The maximum Gasteiger partial charge on any atom is 0.118 e. The van der Waals surface area contributed by atoms with Crippen molar-refractivity contribution in [3.05, 3.63) is 144 Å². The zero-order chi connectivity index (χ0) is 26.2. The SMILES string of the molecule is COc1ccc(C#Cc2cccc(-c3ccc(-c4cccc(C#Cc5ccc(OC)cc5)c4)cc3)c2)cc1. The smallest absolute Gasteiger partial charge is 0.118 e. The summed E-state index contributed by atoms with van der Waals surface area (Å²) in [4.78, 5) is 0. The number of benzene rings is 5. The molecule has 2 nitrogen and oxygen atoms in total. The van der Waals surface area contributed by atoms with Gasteiger partial charge in [0.05, 0.1) is 14.2 Å². The van der Waals surface area contributed by atoms with Crippen LogP contribution in [0.2, 0.25) is 0 Å². The summed E-state index contributed by atoms with van der Waals surface area (Å²) in [5, 5.41) is 0. The van der Waals surface area contributed by atoms with Gasteiger partial charge in [-0.1, -0.05) is 72.2 Å². The van der Waals surface area contributed by atoms with Gasteiger partial charge in [0.2, 0.25) is 0 Å². The van der Waals surface area contributed by atoms with Crippen molar-refractivity contribution in [2.45, 2.75) is 0 Å². The third kappa shape index (κ3) is 6.14. The average Bonchev–Trinajstić information content (AvgIpc) is 3.00. The molecule has 0 saturated carbocycles. The van der Waals surface area contributed by atoms with E-state index in [1.165, 1.54) is 0 Å². The van der Waals surface area contributed by atoms with Crippen molar-refractivity contribution >= 4 is 0 Å². The van der Waals surface area contributed by atoms with Crippen molar-refractivity contribution < 1.29 is 9.47 Å². The lowest BCUT2D eigenvalue weighted by atomic mass is 9.98. The summed E-state index contributed by atoms with van der Waals surface area (Å²) in [5.74, 6) is 14.7. The van der Waals surface area contributed by atoms with Gasteiger partial charge in [-0.3, -0.25) is 0 Å². The van der Waals surface area contributed by atoms with E-state index in [0.29, 0.717) is 0 Å². The molecule has 0 heterocycles. The third-order valence-electron chi connectivity index (χ3n) is 6.16. The molecule has 5 aromatic rings. The van der Waals surface area contributed by atoms with Crippen LogP contribution >= 0.6 is 0 Å². The molecule has 0 bridgehead atoms. The lowest BCUT2D eigenvalue weighted by Crippen LogP contribution is -1.84. The molecule has 5 aromatic carbocycles. The Hall–Kier alpha value is -5.18. The molecule has 2 heteroatoms. The molecule has 0 atom stereocenters. The number of hydrogen-bond donors (Lipinski definition) is 0. The summed E-state index contributed by atoms with van der Waals surface area (Å²) in [5.41, 5.74) is 8.44. The van der Waals surface area contributed by atoms with Crippen molar-refractivity contribution in [3.8, 4) is 57.4 Å². The Morgan fingerprint density at radius 1 is 0.368 bits per heavy atom. The zero-order valence-corrected chi connectivity index (χ0v) is 21.4. The highest BCUT2D eigenvalue weighted by molar-refractivity contribution is 5.72. The topological polar surface area (TPSA) is 18.5 Å². The molecule has 0 radical (unpaired) electrons. The summed E-state index contributed by atoms with van der Waals surface area (Å²) in [6.45, 7) is 0. The van der Waals surface area contributed by atoms with Crippen LogP contribution in [0.5, 0.6) is 11.5 Å². The number of rotatable bonds is 4. The standard InChI is InChI=1S/C36H26O2/c1-37-35-21-13-27(14-22-35)9-11-29-5-3-7-33(25-29)31-17-19-32(20-18-31)34-8-4-6-30(26-34)12-10-28-15-23-36(38-2)24-16-28/h3-8,13-26H,1-2H3. The highest BCUT2D eigenvalue weighted by atomic mass is 16.5. The molecule has 5 rings (SSSR count).